The lowest BCUT2D eigenvalue weighted by Crippen LogP contribution is -2.26. The quantitative estimate of drug-likeness (QED) is 0.855. The number of benzene rings is 1. The van der Waals surface area contributed by atoms with Crippen LogP contribution >= 0.6 is 11.3 Å². The molecular weight excluding hydrogens is 311 g/mol. The molecule has 4 nitrogen and oxygen atoms in total. The number of sulfonamides is 1. The summed E-state index contributed by atoms with van der Waals surface area (Å²) in [6.45, 7) is 2.21. The molecule has 0 saturated heterocycles. The summed E-state index contributed by atoms with van der Waals surface area (Å²) in [5.41, 5.74) is 6.17. The topological polar surface area (TPSA) is 72.2 Å². The molecule has 0 spiro atoms. The Morgan fingerprint density at radius 1 is 1.24 bits per heavy atom. The molecule has 0 radical (unpaired) electrons. The van der Waals surface area contributed by atoms with Gasteiger partial charge in [0.1, 0.15) is 10.0 Å². The molecule has 0 amide bonds. The van der Waals surface area contributed by atoms with Crippen molar-refractivity contribution < 1.29 is 12.8 Å². The minimum absolute atomic E-state index is 0.264. The molecule has 1 aromatic heterocycles. The average Bonchev–Trinajstić information content (AvgIpc) is 2.89. The SMILES string of the molecule is CC(NS(=O)(=O)c1ccc(CCN)s1)c1ccc(F)cc1. The van der Waals surface area contributed by atoms with Crippen LogP contribution in [-0.2, 0) is 16.4 Å². The van der Waals surface area contributed by atoms with E-state index in [1.807, 2.05) is 0 Å². The molecule has 0 fully saturated rings. The normalized spacial score (nSPS) is 13.3. The van der Waals surface area contributed by atoms with Gasteiger partial charge in [0.2, 0.25) is 0 Å². The number of halogens is 1. The van der Waals surface area contributed by atoms with Gasteiger partial charge in [0.15, 0.2) is 0 Å². The summed E-state index contributed by atoms with van der Waals surface area (Å²) in [4.78, 5) is 0.937. The molecule has 2 aromatic rings. The Morgan fingerprint density at radius 3 is 2.52 bits per heavy atom. The second kappa shape index (κ2) is 6.65. The molecule has 0 saturated carbocycles. The molecule has 1 heterocycles. The van der Waals surface area contributed by atoms with Crippen LogP contribution in [0.5, 0.6) is 0 Å². The first-order chi connectivity index (χ1) is 9.92. The van der Waals surface area contributed by atoms with Gasteiger partial charge in [0.25, 0.3) is 10.0 Å². The number of hydrogen-bond donors (Lipinski definition) is 2. The zero-order valence-electron chi connectivity index (χ0n) is 11.5. The third kappa shape index (κ3) is 4.10. The van der Waals surface area contributed by atoms with Crippen LogP contribution in [0, 0.1) is 5.82 Å². The predicted molar refractivity (Wildman–Crippen MR) is 82.2 cm³/mol. The van der Waals surface area contributed by atoms with Gasteiger partial charge >= 0.3 is 0 Å². The molecule has 1 aromatic carbocycles. The fraction of sp³-hybridized carbons (Fsp3) is 0.286. The number of nitrogens with one attached hydrogen (secondary N) is 1. The zero-order valence-corrected chi connectivity index (χ0v) is 13.2. The van der Waals surface area contributed by atoms with E-state index in [9.17, 15) is 12.8 Å². The van der Waals surface area contributed by atoms with Gasteiger partial charge in [-0.2, -0.15) is 0 Å². The second-order valence-electron chi connectivity index (χ2n) is 4.65. The molecule has 0 aliphatic heterocycles. The van der Waals surface area contributed by atoms with Gasteiger partial charge in [-0.15, -0.1) is 11.3 Å². The predicted octanol–water partition coefficient (Wildman–Crippen LogP) is 2.43. The summed E-state index contributed by atoms with van der Waals surface area (Å²) in [5.74, 6) is -0.349. The summed E-state index contributed by atoms with van der Waals surface area (Å²) in [5, 5.41) is 0. The number of rotatable bonds is 6. The lowest BCUT2D eigenvalue weighted by Gasteiger charge is -2.13. The van der Waals surface area contributed by atoms with E-state index in [1.165, 1.54) is 23.5 Å². The van der Waals surface area contributed by atoms with Crippen molar-refractivity contribution in [2.45, 2.75) is 23.6 Å². The van der Waals surface area contributed by atoms with Gasteiger partial charge in [-0.25, -0.2) is 17.5 Å². The van der Waals surface area contributed by atoms with Crippen LogP contribution in [0.25, 0.3) is 0 Å². The molecule has 0 aliphatic carbocycles. The summed E-state index contributed by atoms with van der Waals surface area (Å²) in [6, 6.07) is 8.67. The molecule has 21 heavy (non-hydrogen) atoms. The third-order valence-electron chi connectivity index (χ3n) is 2.99. The van der Waals surface area contributed by atoms with Crippen LogP contribution in [0.4, 0.5) is 4.39 Å². The lowest BCUT2D eigenvalue weighted by atomic mass is 10.1. The van der Waals surface area contributed by atoms with E-state index in [1.54, 1.807) is 31.2 Å². The number of hydrogen-bond acceptors (Lipinski definition) is 4. The van der Waals surface area contributed by atoms with Gasteiger partial charge in [0.05, 0.1) is 0 Å². The van der Waals surface area contributed by atoms with Crippen molar-refractivity contribution in [2.75, 3.05) is 6.54 Å². The minimum Gasteiger partial charge on any atom is -0.330 e. The Balaban J connectivity index is 2.14. The fourth-order valence-electron chi connectivity index (χ4n) is 1.89. The highest BCUT2D eigenvalue weighted by molar-refractivity contribution is 7.91. The summed E-state index contributed by atoms with van der Waals surface area (Å²) < 4.78 is 40.3. The lowest BCUT2D eigenvalue weighted by molar-refractivity contribution is 0.568. The van der Waals surface area contributed by atoms with Crippen molar-refractivity contribution in [3.8, 4) is 0 Å². The summed E-state index contributed by atoms with van der Waals surface area (Å²) >= 11 is 1.21. The van der Waals surface area contributed by atoms with Crippen LogP contribution in [0.1, 0.15) is 23.4 Å². The highest BCUT2D eigenvalue weighted by Gasteiger charge is 2.20. The van der Waals surface area contributed by atoms with Crippen molar-refractivity contribution >= 4 is 21.4 Å². The smallest absolute Gasteiger partial charge is 0.250 e. The first-order valence-electron chi connectivity index (χ1n) is 6.49. The molecule has 3 N–H and O–H groups in total. The highest BCUT2D eigenvalue weighted by atomic mass is 32.2. The summed E-state index contributed by atoms with van der Waals surface area (Å²) in [7, 11) is -3.58. The fourth-order valence-corrected chi connectivity index (χ4v) is 4.51. The molecular formula is C14H17FN2O2S2. The molecule has 2 rings (SSSR count). The van der Waals surface area contributed by atoms with Crippen LogP contribution in [0.3, 0.4) is 0 Å². The van der Waals surface area contributed by atoms with Crippen molar-refractivity contribution in [2.24, 2.45) is 5.73 Å². The Labute approximate surface area is 127 Å². The first-order valence-corrected chi connectivity index (χ1v) is 8.79. The molecule has 114 valence electrons. The Bertz CT molecular complexity index is 696. The van der Waals surface area contributed by atoms with Crippen LogP contribution < -0.4 is 10.5 Å². The largest absolute Gasteiger partial charge is 0.330 e. The van der Waals surface area contributed by atoms with Crippen LogP contribution in [-0.4, -0.2) is 15.0 Å². The van der Waals surface area contributed by atoms with E-state index in [4.69, 9.17) is 5.73 Å². The van der Waals surface area contributed by atoms with E-state index in [-0.39, 0.29) is 10.0 Å². The minimum atomic E-state index is -3.58. The van der Waals surface area contributed by atoms with Crippen molar-refractivity contribution in [1.29, 1.82) is 0 Å². The second-order valence-corrected chi connectivity index (χ2v) is 7.76. The third-order valence-corrected chi connectivity index (χ3v) is 6.17. The Kier molecular flexibility index (Phi) is 5.10. The van der Waals surface area contributed by atoms with E-state index >= 15 is 0 Å². The highest BCUT2D eigenvalue weighted by Crippen LogP contribution is 2.24. The molecule has 7 heteroatoms. The van der Waals surface area contributed by atoms with E-state index < -0.39 is 16.1 Å². The van der Waals surface area contributed by atoms with Crippen LogP contribution in [0.2, 0.25) is 0 Å². The Morgan fingerprint density at radius 2 is 1.90 bits per heavy atom. The molecule has 0 bridgehead atoms. The molecule has 0 aliphatic rings. The maximum atomic E-state index is 12.9. The monoisotopic (exact) mass is 328 g/mol. The van der Waals surface area contributed by atoms with Crippen molar-refractivity contribution in [3.63, 3.8) is 0 Å². The standard InChI is InChI=1S/C14H17FN2O2S2/c1-10(11-2-4-12(15)5-3-11)17-21(18,19)14-7-6-13(20-14)8-9-16/h2-7,10,17H,8-9,16H2,1H3. The number of thiophene rings is 1. The average molecular weight is 328 g/mol. The summed E-state index contributed by atoms with van der Waals surface area (Å²) in [6.07, 6.45) is 0.660. The molecule has 1 atom stereocenters. The number of nitrogens with two attached hydrogens (primary N) is 1. The zero-order chi connectivity index (χ0) is 15.5. The molecule has 1 unspecified atom stereocenters. The van der Waals surface area contributed by atoms with E-state index in [2.05, 4.69) is 4.72 Å². The van der Waals surface area contributed by atoms with Crippen LogP contribution in [0.15, 0.2) is 40.6 Å². The van der Waals surface area contributed by atoms with Gasteiger partial charge in [-0.1, -0.05) is 12.1 Å². The first kappa shape index (κ1) is 16.1. The van der Waals surface area contributed by atoms with Gasteiger partial charge in [-0.3, -0.25) is 0 Å². The van der Waals surface area contributed by atoms with Crippen molar-refractivity contribution in [1.82, 2.24) is 4.72 Å². The Hall–Kier alpha value is -1.28. The van der Waals surface area contributed by atoms with Gasteiger partial charge < -0.3 is 5.73 Å². The van der Waals surface area contributed by atoms with E-state index in [0.717, 1.165) is 4.88 Å². The van der Waals surface area contributed by atoms with Gasteiger partial charge in [-0.05, 0) is 49.7 Å². The van der Waals surface area contributed by atoms with Gasteiger partial charge in [0, 0.05) is 10.9 Å². The van der Waals surface area contributed by atoms with Crippen molar-refractivity contribution in [3.05, 3.63) is 52.7 Å². The van der Waals surface area contributed by atoms with E-state index in [0.29, 0.717) is 18.5 Å². The maximum absolute atomic E-state index is 12.9. The maximum Gasteiger partial charge on any atom is 0.250 e.